The van der Waals surface area contributed by atoms with Gasteiger partial charge in [0.25, 0.3) is 0 Å². The summed E-state index contributed by atoms with van der Waals surface area (Å²) >= 11 is 0. The van der Waals surface area contributed by atoms with Crippen LogP contribution in [0.1, 0.15) is 30.9 Å². The highest BCUT2D eigenvalue weighted by Crippen LogP contribution is 2.26. The van der Waals surface area contributed by atoms with Crippen LogP contribution in [0, 0.1) is 12.7 Å². The van der Waals surface area contributed by atoms with E-state index in [-0.39, 0.29) is 11.7 Å². The van der Waals surface area contributed by atoms with E-state index in [0.29, 0.717) is 13.2 Å². The highest BCUT2D eigenvalue weighted by atomic mass is 19.1. The molecule has 0 aliphatic carbocycles. The molecule has 1 heterocycles. The Morgan fingerprint density at radius 2 is 1.93 bits per heavy atom. The van der Waals surface area contributed by atoms with Gasteiger partial charge < -0.3 is 4.74 Å². The molecular weight excluding hydrogens is 179 g/mol. The van der Waals surface area contributed by atoms with E-state index in [9.17, 15) is 4.39 Å². The summed E-state index contributed by atoms with van der Waals surface area (Å²) in [4.78, 5) is 0. The van der Waals surface area contributed by atoms with Crippen molar-refractivity contribution in [3.8, 4) is 0 Å². The summed E-state index contributed by atoms with van der Waals surface area (Å²) in [6, 6.07) is 5.38. The summed E-state index contributed by atoms with van der Waals surface area (Å²) < 4.78 is 18.3. The average molecular weight is 196 g/mol. The lowest BCUT2D eigenvalue weighted by Gasteiger charge is -2.26. The third kappa shape index (κ3) is 2.32. The van der Waals surface area contributed by atoms with Crippen molar-refractivity contribution in [2.45, 2.75) is 26.7 Å². The Kier molecular flexibility index (Phi) is 4.08. The molecule has 1 aromatic carbocycles. The van der Waals surface area contributed by atoms with Crippen LogP contribution in [0.3, 0.4) is 0 Å². The first-order valence-corrected chi connectivity index (χ1v) is 5.11. The quantitative estimate of drug-likeness (QED) is 0.669. The Morgan fingerprint density at radius 3 is 2.36 bits per heavy atom. The number of ether oxygens (including phenoxy) is 1. The molecule has 0 bridgehead atoms. The standard InChI is InChI=1S/C10H11FO.C2H6/c1-7-2-3-9(10(11)4-7)8-5-12-6-8;1-2/h2-4,8H,5-6H2,1H3;1-2H3. The van der Waals surface area contributed by atoms with Crippen LogP contribution in [0.4, 0.5) is 4.39 Å². The van der Waals surface area contributed by atoms with Gasteiger partial charge in [-0.15, -0.1) is 0 Å². The molecule has 2 heteroatoms. The number of benzene rings is 1. The Balaban J connectivity index is 0.000000461. The zero-order valence-corrected chi connectivity index (χ0v) is 9.01. The molecule has 1 aliphatic heterocycles. The molecule has 1 aliphatic rings. The van der Waals surface area contributed by atoms with Crippen molar-refractivity contribution < 1.29 is 9.13 Å². The van der Waals surface area contributed by atoms with E-state index < -0.39 is 0 Å². The summed E-state index contributed by atoms with van der Waals surface area (Å²) in [5.41, 5.74) is 1.77. The van der Waals surface area contributed by atoms with Crippen molar-refractivity contribution in [3.05, 3.63) is 35.1 Å². The fourth-order valence-electron chi connectivity index (χ4n) is 1.38. The molecule has 0 aromatic heterocycles. The van der Waals surface area contributed by atoms with E-state index in [4.69, 9.17) is 4.74 Å². The first kappa shape index (κ1) is 11.2. The minimum atomic E-state index is -0.0942. The van der Waals surface area contributed by atoms with Crippen molar-refractivity contribution in [2.24, 2.45) is 0 Å². The molecule has 0 N–H and O–H groups in total. The number of hydrogen-bond acceptors (Lipinski definition) is 1. The van der Waals surface area contributed by atoms with Crippen molar-refractivity contribution in [3.63, 3.8) is 0 Å². The van der Waals surface area contributed by atoms with Crippen LogP contribution in [-0.4, -0.2) is 13.2 Å². The number of aryl methyl sites for hydroxylation is 1. The second-order valence-electron chi connectivity index (χ2n) is 3.26. The van der Waals surface area contributed by atoms with E-state index in [2.05, 4.69) is 0 Å². The predicted molar refractivity (Wildman–Crippen MR) is 56.0 cm³/mol. The molecule has 1 nitrogen and oxygen atoms in total. The summed E-state index contributed by atoms with van der Waals surface area (Å²) in [6.07, 6.45) is 0. The smallest absolute Gasteiger partial charge is 0.127 e. The molecule has 0 spiro atoms. The lowest BCUT2D eigenvalue weighted by atomic mass is 9.96. The third-order valence-corrected chi connectivity index (χ3v) is 2.23. The van der Waals surface area contributed by atoms with Crippen molar-refractivity contribution in [1.82, 2.24) is 0 Å². The van der Waals surface area contributed by atoms with Gasteiger partial charge in [-0.3, -0.25) is 0 Å². The maximum atomic E-state index is 13.3. The number of rotatable bonds is 1. The minimum Gasteiger partial charge on any atom is -0.380 e. The lowest BCUT2D eigenvalue weighted by Crippen LogP contribution is -2.25. The van der Waals surface area contributed by atoms with Gasteiger partial charge >= 0.3 is 0 Å². The van der Waals surface area contributed by atoms with E-state index >= 15 is 0 Å². The molecular formula is C12H17FO. The SMILES string of the molecule is CC.Cc1ccc(C2COC2)c(F)c1. The van der Waals surface area contributed by atoms with Crippen LogP contribution in [-0.2, 0) is 4.74 Å². The van der Waals surface area contributed by atoms with Gasteiger partial charge in [-0.05, 0) is 24.1 Å². The fourth-order valence-corrected chi connectivity index (χ4v) is 1.38. The highest BCUT2D eigenvalue weighted by molar-refractivity contribution is 5.27. The van der Waals surface area contributed by atoms with E-state index in [1.807, 2.05) is 32.9 Å². The van der Waals surface area contributed by atoms with Gasteiger partial charge in [-0.25, -0.2) is 4.39 Å². The second kappa shape index (κ2) is 5.11. The molecule has 0 radical (unpaired) electrons. The van der Waals surface area contributed by atoms with Crippen LogP contribution in [0.2, 0.25) is 0 Å². The van der Waals surface area contributed by atoms with Crippen molar-refractivity contribution in [2.75, 3.05) is 13.2 Å². The largest absolute Gasteiger partial charge is 0.380 e. The van der Waals surface area contributed by atoms with Gasteiger partial charge in [-0.1, -0.05) is 26.0 Å². The summed E-state index contributed by atoms with van der Waals surface area (Å²) in [5.74, 6) is 0.189. The Bertz CT molecular complexity index is 292. The van der Waals surface area contributed by atoms with Gasteiger partial charge in [0.05, 0.1) is 13.2 Å². The molecule has 1 saturated heterocycles. The molecule has 14 heavy (non-hydrogen) atoms. The molecule has 0 atom stereocenters. The van der Waals surface area contributed by atoms with Crippen LogP contribution in [0.25, 0.3) is 0 Å². The van der Waals surface area contributed by atoms with Gasteiger partial charge in [-0.2, -0.15) is 0 Å². The summed E-state index contributed by atoms with van der Waals surface area (Å²) in [7, 11) is 0. The van der Waals surface area contributed by atoms with Gasteiger partial charge in [0.15, 0.2) is 0 Å². The first-order chi connectivity index (χ1) is 6.77. The molecule has 1 fully saturated rings. The zero-order valence-electron chi connectivity index (χ0n) is 9.01. The summed E-state index contributed by atoms with van der Waals surface area (Å²) in [6.45, 7) is 7.23. The van der Waals surface area contributed by atoms with Gasteiger partial charge in [0.1, 0.15) is 5.82 Å². The Labute approximate surface area is 84.9 Å². The van der Waals surface area contributed by atoms with E-state index in [1.165, 1.54) is 0 Å². The summed E-state index contributed by atoms with van der Waals surface area (Å²) in [5, 5.41) is 0. The van der Waals surface area contributed by atoms with Crippen LogP contribution in [0.15, 0.2) is 18.2 Å². The van der Waals surface area contributed by atoms with Gasteiger partial charge in [0.2, 0.25) is 0 Å². The molecule has 1 aromatic rings. The van der Waals surface area contributed by atoms with Crippen LogP contribution < -0.4 is 0 Å². The second-order valence-corrected chi connectivity index (χ2v) is 3.26. The maximum Gasteiger partial charge on any atom is 0.127 e. The minimum absolute atomic E-state index is 0.0942. The zero-order chi connectivity index (χ0) is 10.6. The first-order valence-electron chi connectivity index (χ1n) is 5.11. The molecule has 78 valence electrons. The third-order valence-electron chi connectivity index (χ3n) is 2.23. The number of hydrogen-bond donors (Lipinski definition) is 0. The molecule has 0 saturated carbocycles. The van der Waals surface area contributed by atoms with Crippen molar-refractivity contribution >= 4 is 0 Å². The number of halogens is 1. The van der Waals surface area contributed by atoms with Gasteiger partial charge in [0, 0.05) is 5.92 Å². The normalized spacial score (nSPS) is 15.4. The fraction of sp³-hybridized carbons (Fsp3) is 0.500. The maximum absolute atomic E-state index is 13.3. The average Bonchev–Trinajstić information content (AvgIpc) is 2.10. The Morgan fingerprint density at radius 1 is 1.29 bits per heavy atom. The van der Waals surface area contributed by atoms with E-state index in [1.54, 1.807) is 6.07 Å². The molecule has 2 rings (SSSR count). The van der Waals surface area contributed by atoms with Crippen LogP contribution in [0.5, 0.6) is 0 Å². The topological polar surface area (TPSA) is 9.23 Å². The highest BCUT2D eigenvalue weighted by Gasteiger charge is 2.23. The van der Waals surface area contributed by atoms with Crippen molar-refractivity contribution in [1.29, 1.82) is 0 Å². The van der Waals surface area contributed by atoms with Crippen LogP contribution >= 0.6 is 0 Å². The monoisotopic (exact) mass is 196 g/mol. The molecule has 0 amide bonds. The molecule has 0 unspecified atom stereocenters. The van der Waals surface area contributed by atoms with E-state index in [0.717, 1.165) is 11.1 Å². The Hall–Kier alpha value is -0.890. The lowest BCUT2D eigenvalue weighted by molar-refractivity contribution is 0.00702. The predicted octanol–water partition coefficient (Wildman–Crippen LogP) is 3.27.